The number of carbonyl (C=O) groups excluding carboxylic acids is 2. The molecule has 0 heterocycles. The van der Waals surface area contributed by atoms with E-state index in [-0.39, 0.29) is 23.4 Å². The average Bonchev–Trinajstić information content (AvgIpc) is 2.92. The van der Waals surface area contributed by atoms with Crippen molar-refractivity contribution >= 4 is 27.5 Å². The van der Waals surface area contributed by atoms with Gasteiger partial charge in [-0.25, -0.2) is 8.42 Å². The number of nitrogens with zero attached hydrogens (tertiary/aromatic N) is 2. The van der Waals surface area contributed by atoms with Gasteiger partial charge < -0.3 is 15.0 Å². The van der Waals surface area contributed by atoms with E-state index in [1.165, 1.54) is 24.1 Å². The van der Waals surface area contributed by atoms with Crippen molar-refractivity contribution in [2.45, 2.75) is 51.1 Å². The highest BCUT2D eigenvalue weighted by Gasteiger charge is 2.32. The summed E-state index contributed by atoms with van der Waals surface area (Å²) < 4.78 is 33.9. The van der Waals surface area contributed by atoms with Crippen LogP contribution in [0.1, 0.15) is 31.9 Å². The maximum Gasteiger partial charge on any atom is 0.264 e. The number of anilines is 1. The van der Waals surface area contributed by atoms with Crippen LogP contribution in [0.4, 0.5) is 5.69 Å². The molecule has 8 nitrogen and oxygen atoms in total. The first-order valence-electron chi connectivity index (χ1n) is 12.9. The van der Waals surface area contributed by atoms with Gasteiger partial charge in [-0.3, -0.25) is 13.9 Å². The second-order valence-corrected chi connectivity index (χ2v) is 11.5. The van der Waals surface area contributed by atoms with Crippen molar-refractivity contribution in [1.29, 1.82) is 0 Å². The zero-order valence-corrected chi connectivity index (χ0v) is 23.9. The number of sulfonamides is 1. The van der Waals surface area contributed by atoms with Crippen LogP contribution in [0.5, 0.6) is 5.75 Å². The molecule has 0 bridgehead atoms. The van der Waals surface area contributed by atoms with Crippen molar-refractivity contribution in [1.82, 2.24) is 10.2 Å². The van der Waals surface area contributed by atoms with Gasteiger partial charge in [0, 0.05) is 12.6 Å². The summed E-state index contributed by atoms with van der Waals surface area (Å²) in [6, 6.07) is 21.7. The fourth-order valence-electron chi connectivity index (χ4n) is 4.09. The number of ether oxygens (including phenoxy) is 1. The Morgan fingerprint density at radius 1 is 0.897 bits per heavy atom. The van der Waals surface area contributed by atoms with Gasteiger partial charge in [-0.2, -0.15) is 0 Å². The monoisotopic (exact) mass is 551 g/mol. The third-order valence-electron chi connectivity index (χ3n) is 6.33. The van der Waals surface area contributed by atoms with Crippen LogP contribution in [-0.2, 0) is 26.0 Å². The van der Waals surface area contributed by atoms with Gasteiger partial charge in [0.1, 0.15) is 18.3 Å². The lowest BCUT2D eigenvalue weighted by Gasteiger charge is -2.32. The molecule has 0 spiro atoms. The molecule has 3 aromatic rings. The molecule has 0 saturated heterocycles. The lowest BCUT2D eigenvalue weighted by molar-refractivity contribution is -0.139. The molecule has 9 heteroatoms. The summed E-state index contributed by atoms with van der Waals surface area (Å²) in [7, 11) is -2.62. The maximum atomic E-state index is 13.8. The van der Waals surface area contributed by atoms with Crippen molar-refractivity contribution in [3.63, 3.8) is 0 Å². The SMILES string of the molecule is COc1ccc(S(=O)(=O)N(CC(=O)N(CCc2ccccc2)C(C)C(=O)NC(C)C)c2ccc(C)cc2)cc1. The summed E-state index contributed by atoms with van der Waals surface area (Å²) in [5, 5.41) is 2.86. The third kappa shape index (κ3) is 7.83. The van der Waals surface area contributed by atoms with E-state index in [2.05, 4.69) is 5.32 Å². The van der Waals surface area contributed by atoms with Gasteiger partial charge in [-0.15, -0.1) is 0 Å². The van der Waals surface area contributed by atoms with Crippen molar-refractivity contribution in [3.8, 4) is 5.75 Å². The lowest BCUT2D eigenvalue weighted by atomic mass is 10.1. The Morgan fingerprint density at radius 3 is 2.08 bits per heavy atom. The highest BCUT2D eigenvalue weighted by molar-refractivity contribution is 7.92. The topological polar surface area (TPSA) is 96.0 Å². The van der Waals surface area contributed by atoms with E-state index in [0.717, 1.165) is 15.4 Å². The smallest absolute Gasteiger partial charge is 0.264 e. The quantitative estimate of drug-likeness (QED) is 0.364. The minimum absolute atomic E-state index is 0.0260. The van der Waals surface area contributed by atoms with Crippen molar-refractivity contribution in [2.75, 3.05) is 24.5 Å². The summed E-state index contributed by atoms with van der Waals surface area (Å²) in [6.45, 7) is 7.04. The number of hydrogen-bond donors (Lipinski definition) is 1. The molecule has 0 aliphatic rings. The van der Waals surface area contributed by atoms with E-state index in [1.54, 1.807) is 43.3 Å². The van der Waals surface area contributed by atoms with Gasteiger partial charge in [-0.05, 0) is 76.1 Å². The molecule has 39 heavy (non-hydrogen) atoms. The first-order chi connectivity index (χ1) is 18.5. The van der Waals surface area contributed by atoms with E-state index < -0.39 is 28.5 Å². The molecule has 0 aliphatic heterocycles. The van der Waals surface area contributed by atoms with E-state index >= 15 is 0 Å². The number of rotatable bonds is 12. The summed E-state index contributed by atoms with van der Waals surface area (Å²) in [5.41, 5.74) is 2.32. The van der Waals surface area contributed by atoms with Crippen LogP contribution in [0.15, 0.2) is 83.8 Å². The van der Waals surface area contributed by atoms with Crippen LogP contribution in [-0.4, -0.2) is 57.4 Å². The maximum absolute atomic E-state index is 13.8. The highest BCUT2D eigenvalue weighted by atomic mass is 32.2. The fraction of sp³-hybridized carbons (Fsp3) is 0.333. The number of carbonyl (C=O) groups is 2. The van der Waals surface area contributed by atoms with Crippen LogP contribution in [0.25, 0.3) is 0 Å². The zero-order chi connectivity index (χ0) is 28.6. The lowest BCUT2D eigenvalue weighted by Crippen LogP contribution is -2.53. The molecule has 0 aromatic heterocycles. The Morgan fingerprint density at radius 2 is 1.51 bits per heavy atom. The van der Waals surface area contributed by atoms with Crippen molar-refractivity contribution in [2.24, 2.45) is 0 Å². The van der Waals surface area contributed by atoms with Crippen LogP contribution in [0, 0.1) is 6.92 Å². The molecular weight excluding hydrogens is 514 g/mol. The number of nitrogens with one attached hydrogen (secondary N) is 1. The average molecular weight is 552 g/mol. The Bertz CT molecular complexity index is 1340. The van der Waals surface area contributed by atoms with Gasteiger partial charge in [0.15, 0.2) is 0 Å². The Hall–Kier alpha value is -3.85. The predicted octanol–water partition coefficient (Wildman–Crippen LogP) is 4.18. The molecule has 1 unspecified atom stereocenters. The molecular formula is C30H37N3O5S. The van der Waals surface area contributed by atoms with Gasteiger partial charge in [-0.1, -0.05) is 48.0 Å². The Labute approximate surface area is 231 Å². The van der Waals surface area contributed by atoms with Gasteiger partial charge in [0.05, 0.1) is 17.7 Å². The molecule has 0 aliphatic carbocycles. The van der Waals surface area contributed by atoms with Gasteiger partial charge >= 0.3 is 0 Å². The predicted molar refractivity (Wildman–Crippen MR) is 153 cm³/mol. The van der Waals surface area contributed by atoms with Crippen molar-refractivity contribution < 1.29 is 22.7 Å². The largest absolute Gasteiger partial charge is 0.497 e. The van der Waals surface area contributed by atoms with Crippen LogP contribution in [0.2, 0.25) is 0 Å². The molecule has 3 rings (SSSR count). The van der Waals surface area contributed by atoms with Crippen LogP contribution in [0.3, 0.4) is 0 Å². The van der Waals surface area contributed by atoms with E-state index in [0.29, 0.717) is 17.9 Å². The van der Waals surface area contributed by atoms with Gasteiger partial charge in [0.2, 0.25) is 11.8 Å². The van der Waals surface area contributed by atoms with Crippen LogP contribution < -0.4 is 14.4 Å². The molecule has 0 radical (unpaired) electrons. The first kappa shape index (κ1) is 29.7. The fourth-order valence-corrected chi connectivity index (χ4v) is 5.50. The number of aryl methyl sites for hydroxylation is 1. The van der Waals surface area contributed by atoms with Crippen LogP contribution >= 0.6 is 0 Å². The Balaban J connectivity index is 1.97. The number of methoxy groups -OCH3 is 1. The van der Waals surface area contributed by atoms with E-state index in [9.17, 15) is 18.0 Å². The third-order valence-corrected chi connectivity index (χ3v) is 8.12. The molecule has 1 N–H and O–H groups in total. The molecule has 3 aromatic carbocycles. The zero-order valence-electron chi connectivity index (χ0n) is 23.1. The molecule has 0 fully saturated rings. The second-order valence-electron chi connectivity index (χ2n) is 9.68. The minimum atomic E-state index is -4.12. The molecule has 0 saturated carbocycles. The second kappa shape index (κ2) is 13.3. The summed E-state index contributed by atoms with van der Waals surface area (Å²) in [4.78, 5) is 28.3. The Kier molecular flexibility index (Phi) is 10.1. The number of amides is 2. The molecule has 208 valence electrons. The highest BCUT2D eigenvalue weighted by Crippen LogP contribution is 2.26. The summed E-state index contributed by atoms with van der Waals surface area (Å²) >= 11 is 0. The van der Waals surface area contributed by atoms with Crippen molar-refractivity contribution in [3.05, 3.63) is 90.0 Å². The van der Waals surface area contributed by atoms with Gasteiger partial charge in [0.25, 0.3) is 10.0 Å². The summed E-state index contributed by atoms with van der Waals surface area (Å²) in [5.74, 6) is -0.259. The first-order valence-corrected chi connectivity index (χ1v) is 14.3. The number of hydrogen-bond acceptors (Lipinski definition) is 5. The normalized spacial score (nSPS) is 12.1. The standard InChI is InChI=1S/C30H37N3O5S/c1-22(2)31-30(35)24(4)32(20-19-25-9-7-6-8-10-25)29(34)21-33(26-13-11-23(3)12-14-26)39(36,37)28-17-15-27(38-5)16-18-28/h6-18,22,24H,19-21H2,1-5H3,(H,31,35). The number of benzene rings is 3. The summed E-state index contributed by atoms with van der Waals surface area (Å²) in [6.07, 6.45) is 0.516. The minimum Gasteiger partial charge on any atom is -0.497 e. The molecule has 2 amide bonds. The van der Waals surface area contributed by atoms with E-state index in [1.807, 2.05) is 51.1 Å². The molecule has 1 atom stereocenters. The van der Waals surface area contributed by atoms with E-state index in [4.69, 9.17) is 4.74 Å².